The number of benzene rings is 1. The van der Waals surface area contributed by atoms with E-state index in [1.54, 1.807) is 6.07 Å². The summed E-state index contributed by atoms with van der Waals surface area (Å²) >= 11 is 0. The zero-order chi connectivity index (χ0) is 14.9. The number of rotatable bonds is 4. The summed E-state index contributed by atoms with van der Waals surface area (Å²) < 4.78 is 26.2. The van der Waals surface area contributed by atoms with Crippen molar-refractivity contribution in [1.29, 1.82) is 0 Å². The molecule has 0 aromatic heterocycles. The molecule has 1 saturated heterocycles. The lowest BCUT2D eigenvalue weighted by Gasteiger charge is -2.27. The Morgan fingerprint density at radius 3 is 2.65 bits per heavy atom. The van der Waals surface area contributed by atoms with Gasteiger partial charge >= 0.3 is 5.97 Å². The van der Waals surface area contributed by atoms with Gasteiger partial charge in [-0.05, 0) is 44.0 Å². The third-order valence-electron chi connectivity index (χ3n) is 4.49. The Bertz CT molecular complexity index is 521. The number of likely N-dealkylation sites (tertiary alicyclic amines) is 1. The molecule has 1 aromatic carbocycles. The largest absolute Gasteiger partial charge is 0.481 e. The van der Waals surface area contributed by atoms with Crippen molar-refractivity contribution in [1.82, 2.24) is 4.90 Å². The van der Waals surface area contributed by atoms with E-state index in [0.717, 1.165) is 6.07 Å². The average Bonchev–Trinajstić information content (AvgIpc) is 2.87. The molecule has 0 radical (unpaired) electrons. The number of carbonyl (C=O) groups is 1. The molecule has 0 bridgehead atoms. The lowest BCUT2D eigenvalue weighted by atomic mass is 9.84. The molecule has 1 aliphatic heterocycles. The molecule has 3 nitrogen and oxygen atoms in total. The Morgan fingerprint density at radius 1 is 1.45 bits per heavy atom. The van der Waals surface area contributed by atoms with Crippen molar-refractivity contribution in [3.8, 4) is 0 Å². The van der Waals surface area contributed by atoms with Gasteiger partial charge in [0, 0.05) is 12.6 Å². The van der Waals surface area contributed by atoms with Gasteiger partial charge < -0.3 is 5.11 Å². The van der Waals surface area contributed by atoms with E-state index < -0.39 is 23.0 Å². The first kappa shape index (κ1) is 14.9. The van der Waals surface area contributed by atoms with Crippen molar-refractivity contribution in [2.24, 2.45) is 5.41 Å². The number of aliphatic carboxylic acids is 1. The van der Waals surface area contributed by atoms with Crippen LogP contribution in [0.3, 0.4) is 0 Å². The van der Waals surface area contributed by atoms with Gasteiger partial charge in [0.1, 0.15) is 0 Å². The number of hydrogen-bond donors (Lipinski definition) is 1. The van der Waals surface area contributed by atoms with Crippen LogP contribution in [0.5, 0.6) is 0 Å². The summed E-state index contributed by atoms with van der Waals surface area (Å²) in [5, 5.41) is 9.38. The Hall–Kier alpha value is -1.49. The van der Waals surface area contributed by atoms with Gasteiger partial charge in [-0.15, -0.1) is 0 Å². The van der Waals surface area contributed by atoms with Gasteiger partial charge in [0.15, 0.2) is 11.6 Å². The third kappa shape index (κ3) is 2.54. The van der Waals surface area contributed by atoms with Crippen LogP contribution in [0.25, 0.3) is 0 Å². The van der Waals surface area contributed by atoms with Crippen LogP contribution in [0.4, 0.5) is 8.78 Å². The average molecular weight is 283 g/mol. The van der Waals surface area contributed by atoms with Crippen LogP contribution in [0, 0.1) is 17.0 Å². The maximum Gasteiger partial charge on any atom is 0.310 e. The van der Waals surface area contributed by atoms with Crippen molar-refractivity contribution in [3.05, 3.63) is 35.4 Å². The second kappa shape index (κ2) is 5.48. The fraction of sp³-hybridized carbons (Fsp3) is 0.533. The molecule has 5 heteroatoms. The van der Waals surface area contributed by atoms with Crippen LogP contribution in [0.1, 0.15) is 38.3 Å². The van der Waals surface area contributed by atoms with Gasteiger partial charge in [0.25, 0.3) is 0 Å². The molecular formula is C15H19F2NO2. The summed E-state index contributed by atoms with van der Waals surface area (Å²) in [6, 6.07) is 3.72. The molecule has 110 valence electrons. The topological polar surface area (TPSA) is 40.5 Å². The first-order chi connectivity index (χ1) is 9.39. The lowest BCUT2D eigenvalue weighted by Crippen LogP contribution is -2.35. The Kier molecular flexibility index (Phi) is 4.09. The van der Waals surface area contributed by atoms with E-state index in [0.29, 0.717) is 31.5 Å². The van der Waals surface area contributed by atoms with E-state index in [-0.39, 0.29) is 6.04 Å². The number of hydrogen-bond acceptors (Lipinski definition) is 2. The predicted octanol–water partition coefficient (Wildman–Crippen LogP) is 3.21. The number of halogens is 2. The Morgan fingerprint density at radius 2 is 2.15 bits per heavy atom. The van der Waals surface area contributed by atoms with Gasteiger partial charge in [0.2, 0.25) is 0 Å². The van der Waals surface area contributed by atoms with Gasteiger partial charge in [0.05, 0.1) is 5.41 Å². The molecule has 2 rings (SSSR count). The molecule has 20 heavy (non-hydrogen) atoms. The van der Waals surface area contributed by atoms with Crippen molar-refractivity contribution in [3.63, 3.8) is 0 Å². The summed E-state index contributed by atoms with van der Waals surface area (Å²) in [6.45, 7) is 4.86. The third-order valence-corrected chi connectivity index (χ3v) is 4.49. The first-order valence-corrected chi connectivity index (χ1v) is 6.82. The quantitative estimate of drug-likeness (QED) is 0.922. The smallest absolute Gasteiger partial charge is 0.310 e. The maximum absolute atomic E-state index is 13.3. The molecule has 0 spiro atoms. The van der Waals surface area contributed by atoms with Gasteiger partial charge in [-0.1, -0.05) is 13.0 Å². The van der Waals surface area contributed by atoms with Crippen LogP contribution in [0.2, 0.25) is 0 Å². The predicted molar refractivity (Wildman–Crippen MR) is 71.3 cm³/mol. The Labute approximate surface area is 117 Å². The monoisotopic (exact) mass is 283 g/mol. The summed E-state index contributed by atoms with van der Waals surface area (Å²) in [5.41, 5.74) is -0.0477. The van der Waals surface area contributed by atoms with Crippen LogP contribution in [-0.2, 0) is 4.79 Å². The molecule has 0 amide bonds. The molecular weight excluding hydrogens is 264 g/mol. The minimum atomic E-state index is -0.867. The molecule has 1 aromatic rings. The van der Waals surface area contributed by atoms with E-state index in [9.17, 15) is 18.7 Å². The number of carboxylic acids is 1. The first-order valence-electron chi connectivity index (χ1n) is 6.82. The van der Waals surface area contributed by atoms with Gasteiger partial charge in [-0.2, -0.15) is 0 Å². The highest BCUT2D eigenvalue weighted by Gasteiger charge is 2.44. The van der Waals surface area contributed by atoms with E-state index in [4.69, 9.17) is 0 Å². The normalized spacial score (nSPS) is 24.8. The van der Waals surface area contributed by atoms with Crippen LogP contribution in [-0.4, -0.2) is 29.1 Å². The second-order valence-electron chi connectivity index (χ2n) is 5.51. The Balaban J connectivity index is 2.17. The minimum Gasteiger partial charge on any atom is -0.481 e. The number of carboxylic acid groups (broad SMARTS) is 1. The fourth-order valence-corrected chi connectivity index (χ4v) is 2.83. The highest BCUT2D eigenvalue weighted by Crippen LogP contribution is 2.38. The second-order valence-corrected chi connectivity index (χ2v) is 5.51. The van der Waals surface area contributed by atoms with Crippen molar-refractivity contribution in [2.75, 3.05) is 13.1 Å². The molecule has 2 unspecified atom stereocenters. The standard InChI is InChI=1S/C15H19F2NO2/c1-3-15(14(19)20)6-7-18(9-15)10(2)11-4-5-12(16)13(17)8-11/h4-5,8,10H,3,6-7,9H2,1-2H3,(H,19,20). The van der Waals surface area contributed by atoms with Crippen LogP contribution in [0.15, 0.2) is 18.2 Å². The molecule has 1 aliphatic rings. The highest BCUT2D eigenvalue weighted by molar-refractivity contribution is 5.75. The fourth-order valence-electron chi connectivity index (χ4n) is 2.83. The summed E-state index contributed by atoms with van der Waals surface area (Å²) in [5.74, 6) is -2.51. The summed E-state index contributed by atoms with van der Waals surface area (Å²) in [6.07, 6.45) is 1.16. The van der Waals surface area contributed by atoms with Gasteiger partial charge in [-0.25, -0.2) is 8.78 Å². The van der Waals surface area contributed by atoms with Crippen molar-refractivity contribution < 1.29 is 18.7 Å². The van der Waals surface area contributed by atoms with Crippen LogP contribution >= 0.6 is 0 Å². The lowest BCUT2D eigenvalue weighted by molar-refractivity contribution is -0.148. The zero-order valence-electron chi connectivity index (χ0n) is 11.7. The van der Waals surface area contributed by atoms with E-state index in [1.165, 1.54) is 6.07 Å². The molecule has 0 aliphatic carbocycles. The SMILES string of the molecule is CCC1(C(=O)O)CCN(C(C)c2ccc(F)c(F)c2)C1. The molecule has 2 atom stereocenters. The van der Waals surface area contributed by atoms with Crippen molar-refractivity contribution >= 4 is 5.97 Å². The molecule has 1 fully saturated rings. The van der Waals surface area contributed by atoms with Crippen LogP contribution < -0.4 is 0 Å². The van der Waals surface area contributed by atoms with E-state index >= 15 is 0 Å². The van der Waals surface area contributed by atoms with Gasteiger partial charge in [-0.3, -0.25) is 9.69 Å². The molecule has 0 saturated carbocycles. The van der Waals surface area contributed by atoms with E-state index in [1.807, 2.05) is 18.7 Å². The summed E-state index contributed by atoms with van der Waals surface area (Å²) in [4.78, 5) is 13.4. The van der Waals surface area contributed by atoms with Crippen molar-refractivity contribution in [2.45, 2.75) is 32.7 Å². The number of nitrogens with zero attached hydrogens (tertiary/aromatic N) is 1. The zero-order valence-corrected chi connectivity index (χ0v) is 11.7. The molecule has 1 heterocycles. The molecule has 1 N–H and O–H groups in total. The minimum absolute atomic E-state index is 0.127. The van der Waals surface area contributed by atoms with E-state index in [2.05, 4.69) is 0 Å². The maximum atomic E-state index is 13.3. The summed E-state index contributed by atoms with van der Waals surface area (Å²) in [7, 11) is 0. The highest BCUT2D eigenvalue weighted by atomic mass is 19.2.